The third-order valence-corrected chi connectivity index (χ3v) is 6.41. The van der Waals surface area contributed by atoms with Gasteiger partial charge in [-0.15, -0.1) is 0 Å². The minimum absolute atomic E-state index is 0.558. The van der Waals surface area contributed by atoms with Crippen molar-refractivity contribution in [3.8, 4) is 0 Å². The largest absolute Gasteiger partial charge is 0.478 e. The summed E-state index contributed by atoms with van der Waals surface area (Å²) in [5.41, 5.74) is 1.08. The third-order valence-electron chi connectivity index (χ3n) is 5.42. The second kappa shape index (κ2) is 18.5. The second-order valence-corrected chi connectivity index (χ2v) is 9.55. The fourth-order valence-electron chi connectivity index (χ4n) is 3.51. The molecule has 1 saturated heterocycles. The molecule has 0 bridgehead atoms. The second-order valence-electron chi connectivity index (χ2n) is 8.52. The molecule has 3 aromatic rings. The molecule has 3 heterocycles. The van der Waals surface area contributed by atoms with Crippen LogP contribution in [0.25, 0.3) is 10.2 Å². The fourth-order valence-corrected chi connectivity index (χ4v) is 4.41. The lowest BCUT2D eigenvalue weighted by molar-refractivity contribution is -0.134. The van der Waals surface area contributed by atoms with E-state index >= 15 is 0 Å². The SMILES string of the molecule is O=C(O)/C=C/C(=O)O.O=C(O)/C=C/C(=O)O.c1cnc(N2CCN(CCCCNc3nc4ccccc4s3)CC2)nc1. The van der Waals surface area contributed by atoms with Crippen molar-refractivity contribution in [1.29, 1.82) is 0 Å². The Morgan fingerprint density at radius 3 is 1.86 bits per heavy atom. The lowest BCUT2D eigenvalue weighted by Crippen LogP contribution is -2.47. The van der Waals surface area contributed by atoms with Gasteiger partial charge in [-0.1, -0.05) is 23.5 Å². The zero-order valence-corrected chi connectivity index (χ0v) is 23.4. The molecule has 2 aromatic heterocycles. The molecule has 0 spiro atoms. The van der Waals surface area contributed by atoms with Crippen molar-refractivity contribution in [2.75, 3.05) is 49.5 Å². The van der Waals surface area contributed by atoms with Gasteiger partial charge < -0.3 is 30.6 Å². The molecule has 224 valence electrons. The van der Waals surface area contributed by atoms with Crippen molar-refractivity contribution in [3.63, 3.8) is 0 Å². The predicted molar refractivity (Wildman–Crippen MR) is 157 cm³/mol. The van der Waals surface area contributed by atoms with Crippen molar-refractivity contribution >= 4 is 56.5 Å². The molecule has 4 rings (SSSR count). The molecule has 0 amide bonds. The van der Waals surface area contributed by atoms with Crippen LogP contribution in [0.2, 0.25) is 0 Å². The zero-order chi connectivity index (χ0) is 30.7. The highest BCUT2D eigenvalue weighted by Crippen LogP contribution is 2.25. The van der Waals surface area contributed by atoms with Gasteiger partial charge >= 0.3 is 23.9 Å². The fraction of sp³-hybridized carbons (Fsp3) is 0.296. The van der Waals surface area contributed by atoms with Crippen LogP contribution in [0.4, 0.5) is 11.1 Å². The smallest absolute Gasteiger partial charge is 0.328 e. The van der Waals surface area contributed by atoms with Crippen LogP contribution in [-0.4, -0.2) is 103 Å². The number of anilines is 2. The average molecular weight is 601 g/mol. The van der Waals surface area contributed by atoms with Crippen LogP contribution in [0.1, 0.15) is 12.8 Å². The van der Waals surface area contributed by atoms with E-state index in [2.05, 4.69) is 48.3 Å². The first-order valence-electron chi connectivity index (χ1n) is 12.8. The van der Waals surface area contributed by atoms with E-state index < -0.39 is 23.9 Å². The van der Waals surface area contributed by atoms with E-state index in [1.54, 1.807) is 11.3 Å². The zero-order valence-electron chi connectivity index (χ0n) is 22.6. The van der Waals surface area contributed by atoms with E-state index in [1.807, 2.05) is 24.5 Å². The first-order valence-corrected chi connectivity index (χ1v) is 13.6. The normalized spacial score (nSPS) is 13.2. The van der Waals surface area contributed by atoms with Crippen molar-refractivity contribution in [2.24, 2.45) is 0 Å². The Morgan fingerprint density at radius 1 is 0.786 bits per heavy atom. The van der Waals surface area contributed by atoms with E-state index in [4.69, 9.17) is 20.4 Å². The quantitative estimate of drug-likeness (QED) is 0.158. The number of unbranched alkanes of at least 4 members (excludes halogenated alkanes) is 1. The van der Waals surface area contributed by atoms with E-state index in [-0.39, 0.29) is 0 Å². The Bertz CT molecular complexity index is 1260. The topological polar surface area (TPSA) is 206 Å². The molecule has 0 atom stereocenters. The highest BCUT2D eigenvalue weighted by Gasteiger charge is 2.18. The van der Waals surface area contributed by atoms with E-state index in [1.165, 1.54) is 11.1 Å². The molecule has 5 N–H and O–H groups in total. The van der Waals surface area contributed by atoms with Gasteiger partial charge in [-0.3, -0.25) is 4.90 Å². The minimum atomic E-state index is -1.26. The number of fused-ring (bicyclic) bond motifs is 1. The number of hydrogen-bond donors (Lipinski definition) is 5. The maximum absolute atomic E-state index is 9.55. The molecule has 1 aromatic carbocycles. The Hall–Kier alpha value is -4.89. The number of thiazole rings is 1. The highest BCUT2D eigenvalue weighted by atomic mass is 32.1. The molecular weight excluding hydrogens is 568 g/mol. The van der Waals surface area contributed by atoms with Crippen LogP contribution in [0.3, 0.4) is 0 Å². The maximum Gasteiger partial charge on any atom is 0.328 e. The summed E-state index contributed by atoms with van der Waals surface area (Å²) in [6, 6.07) is 10.2. The van der Waals surface area contributed by atoms with Crippen LogP contribution in [0.15, 0.2) is 67.0 Å². The Kier molecular flexibility index (Phi) is 14.6. The van der Waals surface area contributed by atoms with Crippen LogP contribution in [0.5, 0.6) is 0 Å². The molecule has 0 aliphatic carbocycles. The Labute approximate surface area is 245 Å². The molecule has 1 fully saturated rings. The van der Waals surface area contributed by atoms with Gasteiger partial charge in [0.1, 0.15) is 0 Å². The number of rotatable bonds is 11. The number of aromatic nitrogens is 3. The minimum Gasteiger partial charge on any atom is -0.478 e. The number of carboxylic acids is 4. The highest BCUT2D eigenvalue weighted by molar-refractivity contribution is 7.22. The molecule has 1 aliphatic heterocycles. The Morgan fingerprint density at radius 2 is 1.33 bits per heavy atom. The number of carboxylic acid groups (broad SMARTS) is 4. The number of hydrogen-bond acceptors (Lipinski definition) is 11. The van der Waals surface area contributed by atoms with Crippen molar-refractivity contribution < 1.29 is 39.6 Å². The number of piperazine rings is 1. The molecule has 1 aliphatic rings. The summed E-state index contributed by atoms with van der Waals surface area (Å²) in [5.74, 6) is -4.17. The summed E-state index contributed by atoms with van der Waals surface area (Å²) in [4.78, 5) is 56.3. The number of carbonyl (C=O) groups is 4. The summed E-state index contributed by atoms with van der Waals surface area (Å²) in [5, 5.41) is 35.7. The van der Waals surface area contributed by atoms with Gasteiger partial charge in [-0.25, -0.2) is 34.1 Å². The molecule has 0 saturated carbocycles. The number of benzene rings is 1. The first-order chi connectivity index (χ1) is 20.1. The van der Waals surface area contributed by atoms with Gasteiger partial charge in [-0.05, 0) is 37.6 Å². The van der Waals surface area contributed by atoms with Crippen molar-refractivity contribution in [1.82, 2.24) is 19.9 Å². The number of para-hydroxylation sites is 1. The lowest BCUT2D eigenvalue weighted by Gasteiger charge is -2.34. The number of aliphatic carboxylic acids is 4. The lowest BCUT2D eigenvalue weighted by atomic mass is 10.2. The summed E-state index contributed by atoms with van der Waals surface area (Å²) >= 11 is 1.73. The Balaban J connectivity index is 0.000000319. The monoisotopic (exact) mass is 600 g/mol. The molecule has 15 heteroatoms. The third kappa shape index (κ3) is 14.0. The van der Waals surface area contributed by atoms with Crippen LogP contribution in [-0.2, 0) is 19.2 Å². The van der Waals surface area contributed by atoms with Gasteiger partial charge in [0.05, 0.1) is 10.2 Å². The van der Waals surface area contributed by atoms with E-state index in [9.17, 15) is 19.2 Å². The van der Waals surface area contributed by atoms with E-state index in [0.717, 1.165) is 62.3 Å². The average Bonchev–Trinajstić information content (AvgIpc) is 3.39. The molecule has 0 unspecified atom stereocenters. The van der Waals surface area contributed by atoms with Gasteiger partial charge in [0.25, 0.3) is 0 Å². The summed E-state index contributed by atoms with van der Waals surface area (Å²) in [7, 11) is 0. The van der Waals surface area contributed by atoms with E-state index in [0.29, 0.717) is 24.3 Å². The first kappa shape index (κ1) is 33.3. The van der Waals surface area contributed by atoms with Crippen molar-refractivity contribution in [3.05, 3.63) is 67.0 Å². The predicted octanol–water partition coefficient (Wildman–Crippen LogP) is 2.52. The van der Waals surface area contributed by atoms with Crippen molar-refractivity contribution in [2.45, 2.75) is 12.8 Å². The standard InChI is InChI=1S/C19H24N6S.2C4H4O4/c1-2-7-17-16(6-1)23-19(26-17)22-8-3-4-11-24-12-14-25(15-13-24)18-20-9-5-10-21-18;2*5-3(6)1-2-4(7)8/h1-2,5-7,9-10H,3-4,8,11-15H2,(H,22,23);2*1-2H,(H,5,6)(H,7,8)/b;2*2-1+. The number of nitrogens with one attached hydrogen (secondary N) is 1. The summed E-state index contributed by atoms with van der Waals surface area (Å²) < 4.78 is 1.25. The van der Waals surface area contributed by atoms with Gasteiger partial charge in [-0.2, -0.15) is 0 Å². The van der Waals surface area contributed by atoms with Gasteiger partial charge in [0.2, 0.25) is 5.95 Å². The van der Waals surface area contributed by atoms with Gasteiger partial charge in [0.15, 0.2) is 5.13 Å². The number of nitrogens with zero attached hydrogens (tertiary/aromatic N) is 5. The molecule has 42 heavy (non-hydrogen) atoms. The van der Waals surface area contributed by atoms with Crippen LogP contribution >= 0.6 is 11.3 Å². The molecule has 0 radical (unpaired) electrons. The van der Waals surface area contributed by atoms with Crippen LogP contribution < -0.4 is 10.2 Å². The van der Waals surface area contributed by atoms with Crippen LogP contribution in [0, 0.1) is 0 Å². The summed E-state index contributed by atoms with van der Waals surface area (Å²) in [6.45, 7) is 6.33. The summed E-state index contributed by atoms with van der Waals surface area (Å²) in [6.07, 6.45) is 8.23. The molecular formula is C27H32N6O8S. The molecule has 14 nitrogen and oxygen atoms in total. The van der Waals surface area contributed by atoms with Gasteiger partial charge in [0, 0.05) is 69.4 Å². The maximum atomic E-state index is 9.55.